The molecule has 5 heteroatoms. The van der Waals surface area contributed by atoms with E-state index in [0.717, 1.165) is 0 Å². The highest BCUT2D eigenvalue weighted by Crippen LogP contribution is 1.98. The van der Waals surface area contributed by atoms with Gasteiger partial charge in [0.15, 0.2) is 0 Å². The Labute approximate surface area is 97.2 Å². The third-order valence-corrected chi connectivity index (χ3v) is 2.20. The first kappa shape index (κ1) is 14.9. The lowest BCUT2D eigenvalue weighted by molar-refractivity contribution is -0.130. The van der Waals surface area contributed by atoms with Crippen molar-refractivity contribution in [2.24, 2.45) is 11.7 Å². The van der Waals surface area contributed by atoms with Crippen LogP contribution in [0.5, 0.6) is 0 Å². The van der Waals surface area contributed by atoms with Crippen molar-refractivity contribution in [2.75, 3.05) is 0 Å². The Hall–Kier alpha value is -1.10. The molecule has 2 amide bonds. The van der Waals surface area contributed by atoms with Crippen LogP contribution in [-0.4, -0.2) is 29.9 Å². The van der Waals surface area contributed by atoms with Crippen molar-refractivity contribution in [3.05, 3.63) is 0 Å². The molecule has 0 saturated heterocycles. The summed E-state index contributed by atoms with van der Waals surface area (Å²) in [5.41, 5.74) is 5.67. The zero-order valence-electron chi connectivity index (χ0n) is 10.7. The SMILES string of the molecule is CC(C)NC(=O)C(C)NC(=O)[C@@H](N)C(C)C. The Morgan fingerprint density at radius 3 is 1.81 bits per heavy atom. The summed E-state index contributed by atoms with van der Waals surface area (Å²) in [6, 6.07) is -1.07. The van der Waals surface area contributed by atoms with E-state index in [1.54, 1.807) is 6.92 Å². The molecule has 16 heavy (non-hydrogen) atoms. The molecule has 0 heterocycles. The molecule has 0 aliphatic heterocycles. The van der Waals surface area contributed by atoms with Crippen molar-refractivity contribution < 1.29 is 9.59 Å². The third kappa shape index (κ3) is 5.11. The summed E-state index contributed by atoms with van der Waals surface area (Å²) in [6.45, 7) is 9.10. The van der Waals surface area contributed by atoms with Crippen molar-refractivity contribution >= 4 is 11.8 Å². The summed E-state index contributed by atoms with van der Waals surface area (Å²) in [7, 11) is 0. The van der Waals surface area contributed by atoms with Gasteiger partial charge in [0.2, 0.25) is 11.8 Å². The van der Waals surface area contributed by atoms with Crippen molar-refractivity contribution in [3.8, 4) is 0 Å². The fourth-order valence-corrected chi connectivity index (χ4v) is 1.09. The van der Waals surface area contributed by atoms with Crippen LogP contribution in [0, 0.1) is 5.92 Å². The topological polar surface area (TPSA) is 84.2 Å². The maximum absolute atomic E-state index is 11.6. The van der Waals surface area contributed by atoms with Gasteiger partial charge < -0.3 is 16.4 Å². The molecule has 0 radical (unpaired) electrons. The van der Waals surface area contributed by atoms with Crippen LogP contribution in [0.1, 0.15) is 34.6 Å². The van der Waals surface area contributed by atoms with Gasteiger partial charge in [-0.15, -0.1) is 0 Å². The Morgan fingerprint density at radius 1 is 0.938 bits per heavy atom. The standard InChI is InChI=1S/C11H23N3O2/c1-6(2)9(12)11(16)14-8(5)10(15)13-7(3)4/h6-9H,12H2,1-5H3,(H,13,15)(H,14,16)/t8?,9-/m0/s1. The largest absolute Gasteiger partial charge is 0.352 e. The van der Waals surface area contributed by atoms with Gasteiger partial charge >= 0.3 is 0 Å². The summed E-state index contributed by atoms with van der Waals surface area (Å²) >= 11 is 0. The second-order valence-electron chi connectivity index (χ2n) is 4.66. The molecular formula is C11H23N3O2. The number of hydrogen-bond acceptors (Lipinski definition) is 3. The third-order valence-electron chi connectivity index (χ3n) is 2.20. The average Bonchev–Trinajstić information content (AvgIpc) is 2.14. The van der Waals surface area contributed by atoms with Gasteiger partial charge in [-0.3, -0.25) is 9.59 Å². The molecule has 2 atom stereocenters. The molecule has 0 bridgehead atoms. The fourth-order valence-electron chi connectivity index (χ4n) is 1.09. The van der Waals surface area contributed by atoms with Crippen LogP contribution in [-0.2, 0) is 9.59 Å². The summed E-state index contributed by atoms with van der Waals surface area (Å²) in [5.74, 6) is -0.430. The van der Waals surface area contributed by atoms with E-state index < -0.39 is 12.1 Å². The monoisotopic (exact) mass is 229 g/mol. The number of carbonyl (C=O) groups is 2. The summed E-state index contributed by atoms with van der Waals surface area (Å²) < 4.78 is 0. The maximum Gasteiger partial charge on any atom is 0.242 e. The number of nitrogens with two attached hydrogens (primary N) is 1. The molecule has 0 aliphatic carbocycles. The predicted octanol–water partition coefficient (Wildman–Crippen LogP) is -0.001000. The molecule has 0 fully saturated rings. The molecule has 0 aromatic carbocycles. The van der Waals surface area contributed by atoms with E-state index in [2.05, 4.69) is 10.6 Å². The van der Waals surface area contributed by atoms with Gasteiger partial charge in [0, 0.05) is 6.04 Å². The van der Waals surface area contributed by atoms with Gasteiger partial charge in [0.1, 0.15) is 6.04 Å². The van der Waals surface area contributed by atoms with Gasteiger partial charge in [-0.1, -0.05) is 13.8 Å². The van der Waals surface area contributed by atoms with E-state index in [4.69, 9.17) is 5.73 Å². The van der Waals surface area contributed by atoms with E-state index >= 15 is 0 Å². The summed E-state index contributed by atoms with van der Waals surface area (Å²) in [4.78, 5) is 23.1. The highest BCUT2D eigenvalue weighted by molar-refractivity contribution is 5.89. The summed E-state index contributed by atoms with van der Waals surface area (Å²) in [6.07, 6.45) is 0. The average molecular weight is 229 g/mol. The number of carbonyl (C=O) groups excluding carboxylic acids is 2. The summed E-state index contributed by atoms with van der Waals surface area (Å²) in [5, 5.41) is 5.31. The van der Waals surface area contributed by atoms with E-state index in [1.807, 2.05) is 27.7 Å². The van der Waals surface area contributed by atoms with Crippen LogP contribution in [0.15, 0.2) is 0 Å². The Morgan fingerprint density at radius 2 is 1.44 bits per heavy atom. The molecule has 0 aromatic heterocycles. The first-order chi connectivity index (χ1) is 7.25. The second-order valence-corrected chi connectivity index (χ2v) is 4.66. The number of amides is 2. The van der Waals surface area contributed by atoms with Gasteiger partial charge in [0.05, 0.1) is 6.04 Å². The first-order valence-electron chi connectivity index (χ1n) is 5.62. The van der Waals surface area contributed by atoms with Crippen LogP contribution < -0.4 is 16.4 Å². The minimum absolute atomic E-state index is 0.0559. The van der Waals surface area contributed by atoms with Crippen molar-refractivity contribution in [1.82, 2.24) is 10.6 Å². The normalized spacial score (nSPS) is 14.8. The lowest BCUT2D eigenvalue weighted by Gasteiger charge is -2.20. The van der Waals surface area contributed by atoms with Gasteiger partial charge in [-0.2, -0.15) is 0 Å². The minimum Gasteiger partial charge on any atom is -0.352 e. The molecular weight excluding hydrogens is 206 g/mol. The van der Waals surface area contributed by atoms with Crippen molar-refractivity contribution in [2.45, 2.75) is 52.7 Å². The molecule has 0 spiro atoms. The van der Waals surface area contributed by atoms with Crippen LogP contribution in [0.3, 0.4) is 0 Å². The quantitative estimate of drug-likeness (QED) is 0.620. The molecule has 94 valence electrons. The zero-order valence-corrected chi connectivity index (χ0v) is 10.7. The Bertz CT molecular complexity index is 252. The molecule has 0 rings (SSSR count). The predicted molar refractivity (Wildman–Crippen MR) is 63.7 cm³/mol. The highest BCUT2D eigenvalue weighted by atomic mass is 16.2. The lowest BCUT2D eigenvalue weighted by Crippen LogP contribution is -2.52. The lowest BCUT2D eigenvalue weighted by atomic mass is 10.0. The maximum atomic E-state index is 11.6. The van der Waals surface area contributed by atoms with E-state index in [-0.39, 0.29) is 23.8 Å². The zero-order chi connectivity index (χ0) is 12.9. The first-order valence-corrected chi connectivity index (χ1v) is 5.62. The number of rotatable bonds is 5. The molecule has 0 aliphatic rings. The number of hydrogen-bond donors (Lipinski definition) is 3. The second kappa shape index (κ2) is 6.48. The van der Waals surface area contributed by atoms with E-state index in [1.165, 1.54) is 0 Å². The smallest absolute Gasteiger partial charge is 0.242 e. The van der Waals surface area contributed by atoms with Crippen LogP contribution in [0.2, 0.25) is 0 Å². The molecule has 5 nitrogen and oxygen atoms in total. The molecule has 4 N–H and O–H groups in total. The molecule has 0 saturated carbocycles. The van der Waals surface area contributed by atoms with Crippen LogP contribution in [0.25, 0.3) is 0 Å². The highest BCUT2D eigenvalue weighted by Gasteiger charge is 2.22. The minimum atomic E-state index is -0.575. The van der Waals surface area contributed by atoms with Crippen LogP contribution in [0.4, 0.5) is 0 Å². The molecule has 0 aromatic rings. The van der Waals surface area contributed by atoms with E-state index in [9.17, 15) is 9.59 Å². The van der Waals surface area contributed by atoms with Gasteiger partial charge in [0.25, 0.3) is 0 Å². The van der Waals surface area contributed by atoms with Crippen molar-refractivity contribution in [3.63, 3.8) is 0 Å². The Kier molecular flexibility index (Phi) is 6.03. The van der Waals surface area contributed by atoms with E-state index in [0.29, 0.717) is 0 Å². The van der Waals surface area contributed by atoms with Gasteiger partial charge in [-0.05, 0) is 26.7 Å². The number of nitrogens with one attached hydrogen (secondary N) is 2. The Balaban J connectivity index is 4.18. The van der Waals surface area contributed by atoms with Gasteiger partial charge in [-0.25, -0.2) is 0 Å². The van der Waals surface area contributed by atoms with Crippen LogP contribution >= 0.6 is 0 Å². The fraction of sp³-hybridized carbons (Fsp3) is 0.818. The molecule has 1 unspecified atom stereocenters. The van der Waals surface area contributed by atoms with Crippen molar-refractivity contribution in [1.29, 1.82) is 0 Å².